The van der Waals surface area contributed by atoms with Crippen molar-refractivity contribution in [1.82, 2.24) is 10.3 Å². The number of carbonyl (C=O) groups excluding carboxylic acids is 1. The van der Waals surface area contributed by atoms with Gasteiger partial charge in [-0.15, -0.1) is 0 Å². The van der Waals surface area contributed by atoms with E-state index in [1.54, 1.807) is 6.20 Å². The third-order valence-corrected chi connectivity index (χ3v) is 3.36. The Morgan fingerprint density at radius 2 is 2.11 bits per heavy atom. The SMILES string of the molecule is CN(C)c1cc2c(cc1-c1cccnc1)C(=O)NC2. The van der Waals surface area contributed by atoms with Crippen molar-refractivity contribution in [1.29, 1.82) is 0 Å². The predicted molar refractivity (Wildman–Crippen MR) is 75.2 cm³/mol. The Labute approximate surface area is 112 Å². The molecular weight excluding hydrogens is 238 g/mol. The smallest absolute Gasteiger partial charge is 0.251 e. The molecule has 4 heteroatoms. The number of rotatable bonds is 2. The predicted octanol–water partition coefficient (Wildman–Crippen LogP) is 2.06. The second-order valence-corrected chi connectivity index (χ2v) is 4.85. The fourth-order valence-electron chi connectivity index (χ4n) is 2.38. The van der Waals surface area contributed by atoms with E-state index in [4.69, 9.17) is 0 Å². The summed E-state index contributed by atoms with van der Waals surface area (Å²) >= 11 is 0. The second kappa shape index (κ2) is 4.39. The van der Waals surface area contributed by atoms with Crippen molar-refractivity contribution in [3.05, 3.63) is 47.8 Å². The number of pyridine rings is 1. The van der Waals surface area contributed by atoms with Crippen LogP contribution in [0.4, 0.5) is 5.69 Å². The molecule has 0 aliphatic carbocycles. The minimum Gasteiger partial charge on any atom is -0.377 e. The van der Waals surface area contributed by atoms with Crippen molar-refractivity contribution in [3.8, 4) is 11.1 Å². The number of hydrogen-bond acceptors (Lipinski definition) is 3. The number of aromatic nitrogens is 1. The van der Waals surface area contributed by atoms with E-state index in [0.717, 1.165) is 27.9 Å². The van der Waals surface area contributed by atoms with Gasteiger partial charge in [0.25, 0.3) is 5.91 Å². The summed E-state index contributed by atoms with van der Waals surface area (Å²) in [5, 5.41) is 2.86. The summed E-state index contributed by atoms with van der Waals surface area (Å²) in [7, 11) is 4.01. The van der Waals surface area contributed by atoms with Crippen molar-refractivity contribution in [2.75, 3.05) is 19.0 Å². The maximum atomic E-state index is 11.8. The first-order valence-electron chi connectivity index (χ1n) is 6.19. The van der Waals surface area contributed by atoms with Gasteiger partial charge in [0.05, 0.1) is 0 Å². The Morgan fingerprint density at radius 1 is 1.26 bits per heavy atom. The lowest BCUT2D eigenvalue weighted by atomic mass is 9.98. The summed E-state index contributed by atoms with van der Waals surface area (Å²) in [5.74, 6) is 0.00504. The van der Waals surface area contributed by atoms with E-state index in [-0.39, 0.29) is 5.91 Å². The molecule has 1 aliphatic heterocycles. The number of carbonyl (C=O) groups is 1. The molecule has 0 saturated heterocycles. The molecule has 1 aromatic carbocycles. The van der Waals surface area contributed by atoms with E-state index in [9.17, 15) is 4.79 Å². The Bertz CT molecular complexity index is 635. The Balaban J connectivity index is 2.23. The lowest BCUT2D eigenvalue weighted by Gasteiger charge is -2.19. The molecule has 0 spiro atoms. The van der Waals surface area contributed by atoms with E-state index in [2.05, 4.69) is 21.3 Å². The highest BCUT2D eigenvalue weighted by Gasteiger charge is 2.22. The molecular formula is C15H15N3O. The lowest BCUT2D eigenvalue weighted by molar-refractivity contribution is 0.0966. The van der Waals surface area contributed by atoms with Gasteiger partial charge in [-0.25, -0.2) is 0 Å². The molecule has 0 fully saturated rings. The number of anilines is 1. The third-order valence-electron chi connectivity index (χ3n) is 3.36. The first-order chi connectivity index (χ1) is 9.16. The van der Waals surface area contributed by atoms with Crippen LogP contribution in [0.3, 0.4) is 0 Å². The van der Waals surface area contributed by atoms with Gasteiger partial charge in [0, 0.05) is 55.4 Å². The van der Waals surface area contributed by atoms with Crippen molar-refractivity contribution >= 4 is 11.6 Å². The maximum absolute atomic E-state index is 11.8. The fraction of sp³-hybridized carbons (Fsp3) is 0.200. The average Bonchev–Trinajstić information content (AvgIpc) is 2.79. The summed E-state index contributed by atoms with van der Waals surface area (Å²) in [6.07, 6.45) is 3.57. The second-order valence-electron chi connectivity index (χ2n) is 4.85. The van der Waals surface area contributed by atoms with Crippen molar-refractivity contribution in [2.24, 2.45) is 0 Å². The maximum Gasteiger partial charge on any atom is 0.251 e. The number of amides is 1. The highest BCUT2D eigenvalue weighted by atomic mass is 16.1. The van der Waals surface area contributed by atoms with Gasteiger partial charge in [0.1, 0.15) is 0 Å². The molecule has 3 rings (SSSR count). The number of fused-ring (bicyclic) bond motifs is 1. The molecule has 4 nitrogen and oxygen atoms in total. The number of nitrogens with zero attached hydrogens (tertiary/aromatic N) is 2. The van der Waals surface area contributed by atoms with Crippen molar-refractivity contribution in [2.45, 2.75) is 6.54 Å². The molecule has 0 bridgehead atoms. The normalized spacial score (nSPS) is 13.1. The zero-order valence-electron chi connectivity index (χ0n) is 11.0. The van der Waals surface area contributed by atoms with Crippen LogP contribution >= 0.6 is 0 Å². The van der Waals surface area contributed by atoms with Crippen LogP contribution in [-0.4, -0.2) is 25.0 Å². The van der Waals surface area contributed by atoms with E-state index in [1.165, 1.54) is 0 Å². The number of nitrogens with one attached hydrogen (secondary N) is 1. The van der Waals surface area contributed by atoms with Gasteiger partial charge < -0.3 is 10.2 Å². The van der Waals surface area contributed by atoms with Crippen LogP contribution in [0.25, 0.3) is 11.1 Å². The monoisotopic (exact) mass is 253 g/mol. The minimum absolute atomic E-state index is 0.00504. The molecule has 2 heterocycles. The molecule has 0 unspecified atom stereocenters. The average molecular weight is 253 g/mol. The molecule has 96 valence electrons. The highest BCUT2D eigenvalue weighted by Crippen LogP contribution is 2.33. The standard InChI is InChI=1S/C15H15N3O/c1-18(2)14-6-11-9-17-15(19)13(11)7-12(14)10-4-3-5-16-8-10/h3-8H,9H2,1-2H3,(H,17,19). The Kier molecular flexibility index (Phi) is 2.71. The van der Waals surface area contributed by atoms with Crippen LogP contribution in [-0.2, 0) is 6.54 Å². The van der Waals surface area contributed by atoms with Crippen LogP contribution in [0.2, 0.25) is 0 Å². The largest absolute Gasteiger partial charge is 0.377 e. The van der Waals surface area contributed by atoms with E-state index in [0.29, 0.717) is 6.54 Å². The Hall–Kier alpha value is -2.36. The molecule has 19 heavy (non-hydrogen) atoms. The van der Waals surface area contributed by atoms with Crippen LogP contribution in [0.1, 0.15) is 15.9 Å². The summed E-state index contributed by atoms with van der Waals surface area (Å²) in [4.78, 5) is 18.0. The van der Waals surface area contributed by atoms with Crippen LogP contribution in [0.15, 0.2) is 36.7 Å². The van der Waals surface area contributed by atoms with Crippen molar-refractivity contribution in [3.63, 3.8) is 0 Å². The molecule has 1 amide bonds. The van der Waals surface area contributed by atoms with Gasteiger partial charge in [0.15, 0.2) is 0 Å². The summed E-state index contributed by atoms with van der Waals surface area (Å²) < 4.78 is 0. The molecule has 1 aliphatic rings. The first kappa shape index (κ1) is 11.7. The summed E-state index contributed by atoms with van der Waals surface area (Å²) in [5.41, 5.74) is 4.98. The zero-order chi connectivity index (χ0) is 13.4. The van der Waals surface area contributed by atoms with Crippen LogP contribution < -0.4 is 10.2 Å². The Morgan fingerprint density at radius 3 is 2.79 bits per heavy atom. The van der Waals surface area contributed by atoms with Gasteiger partial charge in [-0.1, -0.05) is 6.07 Å². The van der Waals surface area contributed by atoms with Crippen LogP contribution in [0, 0.1) is 0 Å². The minimum atomic E-state index is 0.00504. The number of benzene rings is 1. The highest BCUT2D eigenvalue weighted by molar-refractivity contribution is 6.01. The zero-order valence-corrected chi connectivity index (χ0v) is 11.0. The summed E-state index contributed by atoms with van der Waals surface area (Å²) in [6.45, 7) is 0.613. The molecule has 2 aromatic rings. The lowest BCUT2D eigenvalue weighted by Crippen LogP contribution is -2.12. The van der Waals surface area contributed by atoms with Gasteiger partial charge in [-0.2, -0.15) is 0 Å². The van der Waals surface area contributed by atoms with Crippen molar-refractivity contribution < 1.29 is 4.79 Å². The van der Waals surface area contributed by atoms with E-state index >= 15 is 0 Å². The fourth-order valence-corrected chi connectivity index (χ4v) is 2.38. The van der Waals surface area contributed by atoms with E-state index in [1.807, 2.05) is 38.5 Å². The molecule has 1 aromatic heterocycles. The summed E-state index contributed by atoms with van der Waals surface area (Å²) in [6, 6.07) is 7.95. The van der Waals surface area contributed by atoms with Crippen LogP contribution in [0.5, 0.6) is 0 Å². The molecule has 1 N–H and O–H groups in total. The third kappa shape index (κ3) is 1.95. The van der Waals surface area contributed by atoms with Gasteiger partial charge in [-0.3, -0.25) is 9.78 Å². The van der Waals surface area contributed by atoms with Gasteiger partial charge in [-0.05, 0) is 23.8 Å². The topological polar surface area (TPSA) is 45.2 Å². The molecule has 0 saturated carbocycles. The van der Waals surface area contributed by atoms with Gasteiger partial charge in [0.2, 0.25) is 0 Å². The van der Waals surface area contributed by atoms with Gasteiger partial charge >= 0.3 is 0 Å². The first-order valence-corrected chi connectivity index (χ1v) is 6.19. The molecule has 0 atom stereocenters. The van der Waals surface area contributed by atoms with E-state index < -0.39 is 0 Å². The quantitative estimate of drug-likeness (QED) is 0.891. The number of hydrogen-bond donors (Lipinski definition) is 1. The molecule has 0 radical (unpaired) electrons.